The predicted molar refractivity (Wildman–Crippen MR) is 48.7 cm³/mol. The molecule has 0 spiro atoms. The van der Waals surface area contributed by atoms with E-state index in [-0.39, 0.29) is 5.69 Å². The number of aromatic carboxylic acids is 1. The summed E-state index contributed by atoms with van der Waals surface area (Å²) in [6.07, 6.45) is 0.843. The number of carboxylic acid groups (broad SMARTS) is 1. The van der Waals surface area contributed by atoms with Gasteiger partial charge in [0.15, 0.2) is 0 Å². The molecule has 3 N–H and O–H groups in total. The Morgan fingerprint density at radius 2 is 2.31 bits per heavy atom. The lowest BCUT2D eigenvalue weighted by Gasteiger charge is -2.00. The predicted octanol–water partition coefficient (Wildman–Crippen LogP) is 1.45. The highest BCUT2D eigenvalue weighted by Crippen LogP contribution is 2.38. The number of nitrogens with one attached hydrogen (secondary N) is 1. The van der Waals surface area contributed by atoms with Crippen molar-refractivity contribution in [1.29, 1.82) is 0 Å². The summed E-state index contributed by atoms with van der Waals surface area (Å²) in [6.45, 7) is 0. The summed E-state index contributed by atoms with van der Waals surface area (Å²) in [5.74, 6) is -1.01. The average Bonchev–Trinajstić information content (AvgIpc) is 2.55. The number of hydrogen-bond donors (Lipinski definition) is 3. The zero-order chi connectivity index (χ0) is 9.59. The summed E-state index contributed by atoms with van der Waals surface area (Å²) in [4.78, 5) is 13.5. The van der Waals surface area contributed by atoms with Gasteiger partial charge in [-0.3, -0.25) is 0 Å². The third kappa shape index (κ3) is 1.19. The van der Waals surface area contributed by atoms with Gasteiger partial charge < -0.3 is 15.2 Å². The molecule has 1 heterocycles. The molecule has 4 nitrogen and oxygen atoms in total. The number of hydrogen-bond acceptors (Lipinski definition) is 2. The lowest BCUT2D eigenvalue weighted by atomic mass is 10.2. The lowest BCUT2D eigenvalue weighted by molar-refractivity contribution is 0.0689. The lowest BCUT2D eigenvalue weighted by Crippen LogP contribution is -1.99. The minimum atomic E-state index is -1.01. The second kappa shape index (κ2) is 2.85. The van der Waals surface area contributed by atoms with Crippen molar-refractivity contribution in [2.45, 2.75) is 18.9 Å². The van der Waals surface area contributed by atoms with Crippen molar-refractivity contribution in [2.75, 3.05) is 0 Å². The van der Waals surface area contributed by atoms with Crippen LogP contribution in [0.4, 0.5) is 0 Å². The van der Waals surface area contributed by atoms with Crippen molar-refractivity contribution in [3.63, 3.8) is 0 Å². The molecule has 1 aromatic rings. The molecule has 1 aliphatic rings. The Hall–Kier alpha value is -0.810. The Bertz CT molecular complexity index is 372. The minimum Gasteiger partial charge on any atom is -0.477 e. The van der Waals surface area contributed by atoms with Gasteiger partial charge in [0.1, 0.15) is 5.69 Å². The molecule has 1 aromatic heterocycles. The van der Waals surface area contributed by atoms with Crippen molar-refractivity contribution < 1.29 is 15.0 Å². The summed E-state index contributed by atoms with van der Waals surface area (Å²) < 4.78 is 0.486. The van der Waals surface area contributed by atoms with E-state index in [1.807, 2.05) is 0 Å². The molecule has 0 amide bonds. The Morgan fingerprint density at radius 3 is 2.85 bits per heavy atom. The molecule has 0 bridgehead atoms. The molecule has 0 radical (unpaired) electrons. The summed E-state index contributed by atoms with van der Waals surface area (Å²) >= 11 is 3.17. The van der Waals surface area contributed by atoms with Crippen LogP contribution in [0.25, 0.3) is 0 Å². The number of aliphatic hydroxyl groups excluding tert-OH is 1. The molecule has 1 atom stereocenters. The van der Waals surface area contributed by atoms with Crippen LogP contribution in [0.2, 0.25) is 0 Å². The highest BCUT2D eigenvalue weighted by atomic mass is 79.9. The smallest absolute Gasteiger partial charge is 0.353 e. The summed E-state index contributed by atoms with van der Waals surface area (Å²) in [7, 11) is 0. The second-order valence-electron chi connectivity index (χ2n) is 3.07. The largest absolute Gasteiger partial charge is 0.477 e. The normalized spacial score (nSPS) is 20.3. The molecule has 1 aliphatic carbocycles. The number of aromatic amines is 1. The average molecular weight is 246 g/mol. The van der Waals surface area contributed by atoms with Gasteiger partial charge in [-0.05, 0) is 28.8 Å². The zero-order valence-electron chi connectivity index (χ0n) is 6.67. The standard InChI is InChI=1S/C8H8BrNO3/c9-6-5-3(1-2-4(5)11)10-7(6)8(12)13/h4,10-11H,1-2H2,(H,12,13)/t4-/m0/s1. The zero-order valence-corrected chi connectivity index (χ0v) is 8.26. The molecule has 13 heavy (non-hydrogen) atoms. The van der Waals surface area contributed by atoms with Gasteiger partial charge in [0.2, 0.25) is 0 Å². The number of aryl methyl sites for hydroxylation is 1. The summed E-state index contributed by atoms with van der Waals surface area (Å²) in [5, 5.41) is 18.3. The van der Waals surface area contributed by atoms with Crippen LogP contribution in [-0.2, 0) is 6.42 Å². The van der Waals surface area contributed by atoms with E-state index in [4.69, 9.17) is 5.11 Å². The topological polar surface area (TPSA) is 73.3 Å². The molecule has 0 fully saturated rings. The first kappa shape index (κ1) is 8.77. The Labute approximate surface area is 82.7 Å². The fraction of sp³-hybridized carbons (Fsp3) is 0.375. The van der Waals surface area contributed by atoms with E-state index < -0.39 is 12.1 Å². The van der Waals surface area contributed by atoms with Crippen molar-refractivity contribution in [2.24, 2.45) is 0 Å². The Balaban J connectivity index is 2.56. The van der Waals surface area contributed by atoms with E-state index in [1.165, 1.54) is 0 Å². The number of H-pyrrole nitrogens is 1. The van der Waals surface area contributed by atoms with Gasteiger partial charge in [0, 0.05) is 11.3 Å². The Morgan fingerprint density at radius 1 is 1.62 bits per heavy atom. The van der Waals surface area contributed by atoms with E-state index in [0.717, 1.165) is 5.69 Å². The highest BCUT2D eigenvalue weighted by molar-refractivity contribution is 9.10. The molecule has 0 aliphatic heterocycles. The van der Waals surface area contributed by atoms with E-state index in [2.05, 4.69) is 20.9 Å². The van der Waals surface area contributed by atoms with E-state index in [1.54, 1.807) is 0 Å². The number of aliphatic hydroxyl groups is 1. The molecular weight excluding hydrogens is 238 g/mol. The molecule has 0 saturated heterocycles. The van der Waals surface area contributed by atoms with Crippen molar-refractivity contribution in [3.8, 4) is 0 Å². The van der Waals surface area contributed by atoms with Crippen LogP contribution in [-0.4, -0.2) is 21.2 Å². The second-order valence-corrected chi connectivity index (χ2v) is 3.86. The number of fused-ring (bicyclic) bond motifs is 1. The van der Waals surface area contributed by atoms with Crippen LogP contribution in [0.15, 0.2) is 4.47 Å². The van der Waals surface area contributed by atoms with Gasteiger partial charge in [-0.1, -0.05) is 0 Å². The van der Waals surface area contributed by atoms with Gasteiger partial charge in [-0.15, -0.1) is 0 Å². The van der Waals surface area contributed by atoms with E-state index >= 15 is 0 Å². The van der Waals surface area contributed by atoms with Gasteiger partial charge in [-0.25, -0.2) is 4.79 Å². The highest BCUT2D eigenvalue weighted by Gasteiger charge is 2.29. The number of carboxylic acids is 1. The fourth-order valence-electron chi connectivity index (χ4n) is 1.66. The van der Waals surface area contributed by atoms with Gasteiger partial charge >= 0.3 is 5.97 Å². The monoisotopic (exact) mass is 245 g/mol. The first-order chi connectivity index (χ1) is 6.11. The molecule has 0 aromatic carbocycles. The Kier molecular flexibility index (Phi) is 1.92. The van der Waals surface area contributed by atoms with Crippen LogP contribution < -0.4 is 0 Å². The van der Waals surface area contributed by atoms with Crippen LogP contribution in [0.5, 0.6) is 0 Å². The van der Waals surface area contributed by atoms with Crippen molar-refractivity contribution in [1.82, 2.24) is 4.98 Å². The molecule has 0 unspecified atom stereocenters. The van der Waals surface area contributed by atoms with Crippen molar-refractivity contribution in [3.05, 3.63) is 21.4 Å². The van der Waals surface area contributed by atoms with E-state index in [0.29, 0.717) is 22.9 Å². The number of carbonyl (C=O) groups is 1. The minimum absolute atomic E-state index is 0.128. The quantitative estimate of drug-likeness (QED) is 0.702. The maximum Gasteiger partial charge on any atom is 0.353 e. The maximum atomic E-state index is 10.7. The van der Waals surface area contributed by atoms with Gasteiger partial charge in [0.25, 0.3) is 0 Å². The third-order valence-electron chi connectivity index (χ3n) is 2.27. The van der Waals surface area contributed by atoms with Crippen LogP contribution in [0.1, 0.15) is 34.3 Å². The van der Waals surface area contributed by atoms with Gasteiger partial charge in [0.05, 0.1) is 10.6 Å². The van der Waals surface area contributed by atoms with Crippen LogP contribution >= 0.6 is 15.9 Å². The number of halogens is 1. The van der Waals surface area contributed by atoms with Gasteiger partial charge in [-0.2, -0.15) is 0 Å². The maximum absolute atomic E-state index is 10.7. The summed E-state index contributed by atoms with van der Waals surface area (Å²) in [5.41, 5.74) is 1.66. The third-order valence-corrected chi connectivity index (χ3v) is 3.10. The first-order valence-electron chi connectivity index (χ1n) is 3.93. The number of aromatic nitrogens is 1. The molecular formula is C8H8BrNO3. The molecule has 2 rings (SSSR count). The first-order valence-corrected chi connectivity index (χ1v) is 4.72. The molecule has 5 heteroatoms. The van der Waals surface area contributed by atoms with E-state index in [9.17, 15) is 9.90 Å². The molecule has 0 saturated carbocycles. The molecule has 70 valence electrons. The van der Waals surface area contributed by atoms with Crippen LogP contribution in [0, 0.1) is 0 Å². The van der Waals surface area contributed by atoms with Crippen molar-refractivity contribution >= 4 is 21.9 Å². The summed E-state index contributed by atoms with van der Waals surface area (Å²) in [6, 6.07) is 0. The fourth-order valence-corrected chi connectivity index (χ4v) is 2.43. The van der Waals surface area contributed by atoms with Crippen LogP contribution in [0.3, 0.4) is 0 Å². The number of rotatable bonds is 1. The SMILES string of the molecule is O=C(O)c1[nH]c2c(c1Br)[C@@H](O)CC2.